The number of aromatic nitrogens is 2. The van der Waals surface area contributed by atoms with Gasteiger partial charge in [-0.15, -0.1) is 0 Å². The van der Waals surface area contributed by atoms with Crippen LogP contribution in [0.3, 0.4) is 0 Å². The molecule has 4 rings (SSSR count). The largest absolute Gasteiger partial charge is 0.507 e. The highest BCUT2D eigenvalue weighted by Gasteiger charge is 2.21. The first-order chi connectivity index (χ1) is 11.5. The fourth-order valence-corrected chi connectivity index (χ4v) is 3.51. The second kappa shape index (κ2) is 5.76. The van der Waals surface area contributed by atoms with Crippen LogP contribution in [0.15, 0.2) is 45.7 Å². The third-order valence-corrected chi connectivity index (χ3v) is 4.99. The summed E-state index contributed by atoms with van der Waals surface area (Å²) in [6.45, 7) is 0.606. The Morgan fingerprint density at radius 2 is 2.08 bits per heavy atom. The van der Waals surface area contributed by atoms with Crippen LogP contribution in [0.25, 0.3) is 22.6 Å². The molecule has 0 aliphatic carbocycles. The highest BCUT2D eigenvalue weighted by Crippen LogP contribution is 2.30. The van der Waals surface area contributed by atoms with Crippen LogP contribution in [0, 0.1) is 0 Å². The summed E-state index contributed by atoms with van der Waals surface area (Å²) in [5, 5.41) is 10.7. The number of benzene rings is 2. The molecule has 0 unspecified atom stereocenters. The summed E-state index contributed by atoms with van der Waals surface area (Å²) in [4.78, 5) is 17.3. The molecule has 0 saturated carbocycles. The van der Waals surface area contributed by atoms with Crippen molar-refractivity contribution < 1.29 is 5.11 Å². The quantitative estimate of drug-likeness (QED) is 0.652. The Morgan fingerprint density at radius 3 is 2.88 bits per heavy atom. The molecular formula is C18H12BrClN2O2. The number of hydrogen-bond donors (Lipinski definition) is 1. The molecule has 2 aromatic carbocycles. The molecular weight excluding hydrogens is 392 g/mol. The molecule has 0 atom stereocenters. The summed E-state index contributed by atoms with van der Waals surface area (Å²) < 4.78 is 2.33. The second-order valence-electron chi connectivity index (χ2n) is 5.68. The maximum atomic E-state index is 12.7. The molecule has 1 aromatic heterocycles. The van der Waals surface area contributed by atoms with Gasteiger partial charge in [-0.3, -0.25) is 9.36 Å². The van der Waals surface area contributed by atoms with Crippen molar-refractivity contribution in [3.63, 3.8) is 0 Å². The fourth-order valence-electron chi connectivity index (χ4n) is 2.94. The minimum absolute atomic E-state index is 0.0622. The molecule has 0 amide bonds. The van der Waals surface area contributed by atoms with Crippen molar-refractivity contribution in [2.45, 2.75) is 13.0 Å². The number of phenolic OH excluding ortho intramolecular Hbond substituents is 1. The van der Waals surface area contributed by atoms with Crippen LogP contribution in [0.4, 0.5) is 0 Å². The van der Waals surface area contributed by atoms with Crippen LogP contribution in [0.2, 0.25) is 5.02 Å². The van der Waals surface area contributed by atoms with Gasteiger partial charge in [-0.1, -0.05) is 17.7 Å². The van der Waals surface area contributed by atoms with E-state index >= 15 is 0 Å². The van der Waals surface area contributed by atoms with Crippen molar-refractivity contribution in [2.24, 2.45) is 0 Å². The molecule has 24 heavy (non-hydrogen) atoms. The average molecular weight is 404 g/mol. The molecule has 1 aliphatic heterocycles. The molecule has 120 valence electrons. The molecule has 0 radical (unpaired) electrons. The number of nitrogens with zero attached hydrogens (tertiary/aromatic N) is 2. The summed E-state index contributed by atoms with van der Waals surface area (Å²) >= 11 is 9.31. The summed E-state index contributed by atoms with van der Waals surface area (Å²) in [5.74, 6) is 0.889. The summed E-state index contributed by atoms with van der Waals surface area (Å²) in [6.07, 6.45) is 2.74. The Morgan fingerprint density at radius 1 is 1.25 bits per heavy atom. The van der Waals surface area contributed by atoms with Crippen LogP contribution < -0.4 is 5.56 Å². The van der Waals surface area contributed by atoms with E-state index in [1.54, 1.807) is 28.8 Å². The highest BCUT2D eigenvalue weighted by molar-refractivity contribution is 9.10. The van der Waals surface area contributed by atoms with Gasteiger partial charge in [0.15, 0.2) is 0 Å². The van der Waals surface area contributed by atoms with Gasteiger partial charge >= 0.3 is 0 Å². The molecule has 0 fully saturated rings. The Labute approximate surface area is 151 Å². The zero-order valence-electron chi connectivity index (χ0n) is 12.5. The highest BCUT2D eigenvalue weighted by atomic mass is 79.9. The molecule has 1 aliphatic rings. The van der Waals surface area contributed by atoms with Crippen LogP contribution in [0.1, 0.15) is 17.8 Å². The van der Waals surface area contributed by atoms with E-state index in [1.165, 1.54) is 0 Å². The maximum Gasteiger partial charge on any atom is 0.261 e. The molecule has 6 heteroatoms. The van der Waals surface area contributed by atoms with E-state index < -0.39 is 0 Å². The van der Waals surface area contributed by atoms with Gasteiger partial charge in [0.25, 0.3) is 5.56 Å². The SMILES string of the molecule is O=c1c2cc(Cl)ccc2nc2n1CCC2=Cc1ccc(O)c(Br)c1. The first kappa shape index (κ1) is 15.4. The van der Waals surface area contributed by atoms with Crippen LogP contribution >= 0.6 is 27.5 Å². The van der Waals surface area contributed by atoms with Crippen LogP contribution in [-0.4, -0.2) is 14.7 Å². The van der Waals surface area contributed by atoms with Crippen molar-refractivity contribution in [3.8, 4) is 5.75 Å². The van der Waals surface area contributed by atoms with E-state index in [0.717, 1.165) is 17.6 Å². The summed E-state index contributed by atoms with van der Waals surface area (Å²) in [6, 6.07) is 10.5. The lowest BCUT2D eigenvalue weighted by Crippen LogP contribution is -2.20. The van der Waals surface area contributed by atoms with Crippen molar-refractivity contribution >= 4 is 50.1 Å². The Balaban J connectivity index is 1.88. The number of aromatic hydroxyl groups is 1. The molecule has 2 heterocycles. The van der Waals surface area contributed by atoms with Gasteiger partial charge < -0.3 is 5.11 Å². The van der Waals surface area contributed by atoms with Crippen molar-refractivity contribution in [1.82, 2.24) is 9.55 Å². The van der Waals surface area contributed by atoms with Gasteiger partial charge in [0.1, 0.15) is 11.6 Å². The third-order valence-electron chi connectivity index (χ3n) is 4.12. The molecule has 0 spiro atoms. The minimum Gasteiger partial charge on any atom is -0.507 e. The van der Waals surface area contributed by atoms with E-state index in [9.17, 15) is 9.90 Å². The predicted molar refractivity (Wildman–Crippen MR) is 99.3 cm³/mol. The Kier molecular flexibility index (Phi) is 3.70. The predicted octanol–water partition coefficient (Wildman–Crippen LogP) is 4.46. The smallest absolute Gasteiger partial charge is 0.261 e. The fraction of sp³-hybridized carbons (Fsp3) is 0.111. The van der Waals surface area contributed by atoms with E-state index in [4.69, 9.17) is 11.6 Å². The number of rotatable bonds is 1. The standard InChI is InChI=1S/C18H12BrClN2O2/c19-14-8-10(1-4-16(14)23)7-11-5-6-22-17(11)21-15-3-2-12(20)9-13(15)18(22)24/h1-4,7-9,23H,5-6H2. The van der Waals surface area contributed by atoms with Crippen LogP contribution in [0.5, 0.6) is 5.75 Å². The van der Waals surface area contributed by atoms with E-state index in [2.05, 4.69) is 20.9 Å². The van der Waals surface area contributed by atoms with Gasteiger partial charge in [-0.05, 0) is 69.9 Å². The topological polar surface area (TPSA) is 55.1 Å². The minimum atomic E-state index is -0.0622. The van der Waals surface area contributed by atoms with Gasteiger partial charge in [0.2, 0.25) is 0 Å². The number of hydrogen-bond acceptors (Lipinski definition) is 3. The lowest BCUT2D eigenvalue weighted by molar-refractivity contribution is 0.472. The van der Waals surface area contributed by atoms with Gasteiger partial charge in [0.05, 0.1) is 15.4 Å². The first-order valence-corrected chi connectivity index (χ1v) is 8.59. The molecule has 0 saturated heterocycles. The van der Waals surface area contributed by atoms with Crippen molar-refractivity contribution in [2.75, 3.05) is 0 Å². The summed E-state index contributed by atoms with van der Waals surface area (Å²) in [5.41, 5.74) is 2.53. The maximum absolute atomic E-state index is 12.7. The second-order valence-corrected chi connectivity index (χ2v) is 6.97. The Hall–Kier alpha value is -2.11. The lowest BCUT2D eigenvalue weighted by Gasteiger charge is -2.06. The van der Waals surface area contributed by atoms with Gasteiger partial charge in [-0.2, -0.15) is 0 Å². The number of halogens is 2. The third kappa shape index (κ3) is 2.54. The monoisotopic (exact) mass is 402 g/mol. The number of phenols is 1. The molecule has 1 N–H and O–H groups in total. The molecule has 4 nitrogen and oxygen atoms in total. The average Bonchev–Trinajstić information content (AvgIpc) is 2.95. The lowest BCUT2D eigenvalue weighted by atomic mass is 10.1. The van der Waals surface area contributed by atoms with E-state index in [0.29, 0.717) is 32.8 Å². The zero-order chi connectivity index (χ0) is 16.8. The summed E-state index contributed by atoms with van der Waals surface area (Å²) in [7, 11) is 0. The number of allylic oxidation sites excluding steroid dienone is 1. The molecule has 3 aromatic rings. The van der Waals surface area contributed by atoms with Gasteiger partial charge in [0, 0.05) is 11.6 Å². The number of fused-ring (bicyclic) bond motifs is 2. The zero-order valence-corrected chi connectivity index (χ0v) is 14.8. The normalized spacial score (nSPS) is 15.2. The Bertz CT molecular complexity index is 1070. The van der Waals surface area contributed by atoms with Crippen molar-refractivity contribution in [1.29, 1.82) is 0 Å². The van der Waals surface area contributed by atoms with E-state index in [1.807, 2.05) is 18.2 Å². The molecule has 0 bridgehead atoms. The van der Waals surface area contributed by atoms with E-state index in [-0.39, 0.29) is 11.3 Å². The van der Waals surface area contributed by atoms with Crippen molar-refractivity contribution in [3.05, 3.63) is 67.6 Å². The first-order valence-electron chi connectivity index (χ1n) is 7.42. The van der Waals surface area contributed by atoms with Gasteiger partial charge in [-0.25, -0.2) is 4.98 Å². The van der Waals surface area contributed by atoms with Crippen LogP contribution in [-0.2, 0) is 6.54 Å².